The van der Waals surface area contributed by atoms with Crippen LogP contribution in [0.25, 0.3) is 0 Å². The molecular formula is C17H20N2O2S. The molecule has 0 spiro atoms. The van der Waals surface area contributed by atoms with Crippen LogP contribution in [0.5, 0.6) is 0 Å². The number of nitrogens with zero attached hydrogens (tertiary/aromatic N) is 1. The van der Waals surface area contributed by atoms with Crippen LogP contribution in [0.2, 0.25) is 0 Å². The van der Waals surface area contributed by atoms with E-state index in [1.807, 2.05) is 43.5 Å². The summed E-state index contributed by atoms with van der Waals surface area (Å²) in [6.07, 6.45) is 0. The van der Waals surface area contributed by atoms with Crippen LogP contribution in [0.4, 0.5) is 5.69 Å². The maximum absolute atomic E-state index is 11.9. The highest BCUT2D eigenvalue weighted by Crippen LogP contribution is 2.21. The molecule has 1 N–H and O–H groups in total. The summed E-state index contributed by atoms with van der Waals surface area (Å²) in [5.74, 6) is -0.126. The summed E-state index contributed by atoms with van der Waals surface area (Å²) in [5.41, 5.74) is 3.05. The summed E-state index contributed by atoms with van der Waals surface area (Å²) in [6, 6.07) is 9.66. The lowest BCUT2D eigenvalue weighted by atomic mass is 10.1. The predicted molar refractivity (Wildman–Crippen MR) is 90.6 cm³/mol. The van der Waals surface area contributed by atoms with E-state index >= 15 is 0 Å². The van der Waals surface area contributed by atoms with Gasteiger partial charge in [0.15, 0.2) is 0 Å². The van der Waals surface area contributed by atoms with Crippen molar-refractivity contribution < 1.29 is 9.59 Å². The van der Waals surface area contributed by atoms with Gasteiger partial charge in [0.05, 0.1) is 4.88 Å². The van der Waals surface area contributed by atoms with Crippen molar-refractivity contribution >= 4 is 28.8 Å². The molecule has 0 fully saturated rings. The van der Waals surface area contributed by atoms with Gasteiger partial charge in [-0.25, -0.2) is 0 Å². The summed E-state index contributed by atoms with van der Waals surface area (Å²) in [4.78, 5) is 26.2. The third-order valence-corrected chi connectivity index (χ3v) is 4.27. The summed E-state index contributed by atoms with van der Waals surface area (Å²) < 4.78 is 0. The van der Waals surface area contributed by atoms with E-state index in [1.165, 1.54) is 11.3 Å². The first-order valence-electron chi connectivity index (χ1n) is 7.16. The van der Waals surface area contributed by atoms with Gasteiger partial charge in [0.1, 0.15) is 0 Å². The summed E-state index contributed by atoms with van der Waals surface area (Å²) in [6.45, 7) is 6.40. The number of benzene rings is 1. The van der Waals surface area contributed by atoms with Crippen molar-refractivity contribution in [2.75, 3.05) is 18.0 Å². The van der Waals surface area contributed by atoms with Crippen LogP contribution in [-0.4, -0.2) is 24.9 Å². The number of amides is 2. The smallest absolute Gasteiger partial charge is 0.261 e. The van der Waals surface area contributed by atoms with Gasteiger partial charge in [-0.05, 0) is 42.5 Å². The minimum atomic E-state index is -0.0977. The number of carbonyl (C=O) groups excluding carboxylic acids is 2. The molecule has 2 rings (SSSR count). The summed E-state index contributed by atoms with van der Waals surface area (Å²) >= 11 is 1.40. The number of carbonyl (C=O) groups is 2. The van der Waals surface area contributed by atoms with E-state index in [0.717, 1.165) is 16.8 Å². The van der Waals surface area contributed by atoms with Crippen molar-refractivity contribution in [3.8, 4) is 0 Å². The van der Waals surface area contributed by atoms with Crippen molar-refractivity contribution in [2.24, 2.45) is 0 Å². The Bertz CT molecular complexity index is 665. The molecule has 0 saturated heterocycles. The lowest BCUT2D eigenvalue weighted by molar-refractivity contribution is -0.116. The Kier molecular flexibility index (Phi) is 5.33. The average molecular weight is 316 g/mol. The molecule has 0 aliphatic carbocycles. The minimum absolute atomic E-state index is 0.0286. The fourth-order valence-corrected chi connectivity index (χ4v) is 2.87. The van der Waals surface area contributed by atoms with Gasteiger partial charge in [-0.2, -0.15) is 0 Å². The Morgan fingerprint density at radius 1 is 1.23 bits per heavy atom. The number of anilines is 1. The molecule has 0 radical (unpaired) electrons. The molecule has 0 unspecified atom stereocenters. The highest BCUT2D eigenvalue weighted by atomic mass is 32.1. The minimum Gasteiger partial charge on any atom is -0.350 e. The first-order valence-corrected chi connectivity index (χ1v) is 8.04. The lowest BCUT2D eigenvalue weighted by Crippen LogP contribution is -2.37. The standard InChI is InChI=1S/C17H20N2O2S/c1-12-6-7-13(2)15(11-12)19(14(3)20)9-8-18-17(21)16-5-4-10-22-16/h4-7,10-11H,8-9H2,1-3H3,(H,18,21). The van der Waals surface area contributed by atoms with Crippen molar-refractivity contribution in [3.63, 3.8) is 0 Å². The number of nitrogens with one attached hydrogen (secondary N) is 1. The topological polar surface area (TPSA) is 49.4 Å². The van der Waals surface area contributed by atoms with Crippen LogP contribution in [0, 0.1) is 13.8 Å². The maximum atomic E-state index is 11.9. The highest BCUT2D eigenvalue weighted by molar-refractivity contribution is 7.12. The third kappa shape index (κ3) is 3.95. The van der Waals surface area contributed by atoms with Gasteiger partial charge in [0, 0.05) is 25.7 Å². The molecular weight excluding hydrogens is 296 g/mol. The predicted octanol–water partition coefficient (Wildman–Crippen LogP) is 3.15. The summed E-state index contributed by atoms with van der Waals surface area (Å²) in [7, 11) is 0. The van der Waals surface area contributed by atoms with Crippen LogP contribution in [0.15, 0.2) is 35.7 Å². The molecule has 5 heteroatoms. The largest absolute Gasteiger partial charge is 0.350 e. The Hall–Kier alpha value is -2.14. The number of hydrogen-bond acceptors (Lipinski definition) is 3. The normalized spacial score (nSPS) is 10.3. The molecule has 1 aromatic heterocycles. The zero-order valence-electron chi connectivity index (χ0n) is 13.1. The van der Waals surface area contributed by atoms with E-state index < -0.39 is 0 Å². The molecule has 2 aromatic rings. The quantitative estimate of drug-likeness (QED) is 0.921. The van der Waals surface area contributed by atoms with E-state index in [2.05, 4.69) is 5.32 Å². The van der Waals surface area contributed by atoms with E-state index in [4.69, 9.17) is 0 Å². The van der Waals surface area contributed by atoms with Gasteiger partial charge in [0.25, 0.3) is 5.91 Å². The molecule has 1 heterocycles. The van der Waals surface area contributed by atoms with Gasteiger partial charge in [-0.15, -0.1) is 11.3 Å². The Balaban J connectivity index is 2.02. The number of rotatable bonds is 5. The molecule has 0 aliphatic heterocycles. The van der Waals surface area contributed by atoms with Crippen LogP contribution in [0.3, 0.4) is 0 Å². The first kappa shape index (κ1) is 16.2. The van der Waals surface area contributed by atoms with Gasteiger partial charge in [0.2, 0.25) is 5.91 Å². The van der Waals surface area contributed by atoms with Crippen LogP contribution >= 0.6 is 11.3 Å². The SMILES string of the molecule is CC(=O)N(CCNC(=O)c1cccs1)c1cc(C)ccc1C. The molecule has 0 saturated carbocycles. The van der Waals surface area contributed by atoms with Gasteiger partial charge in [-0.1, -0.05) is 18.2 Å². The molecule has 22 heavy (non-hydrogen) atoms. The van der Waals surface area contributed by atoms with E-state index in [9.17, 15) is 9.59 Å². The van der Waals surface area contributed by atoms with E-state index in [-0.39, 0.29) is 11.8 Å². The maximum Gasteiger partial charge on any atom is 0.261 e. The summed E-state index contributed by atoms with van der Waals surface area (Å²) in [5, 5.41) is 4.72. The first-order chi connectivity index (χ1) is 10.5. The molecule has 0 atom stereocenters. The van der Waals surface area contributed by atoms with Crippen molar-refractivity contribution in [1.82, 2.24) is 5.32 Å². The van der Waals surface area contributed by atoms with E-state index in [0.29, 0.717) is 18.0 Å². The Morgan fingerprint density at radius 2 is 2.00 bits per heavy atom. The molecule has 4 nitrogen and oxygen atoms in total. The van der Waals surface area contributed by atoms with Gasteiger partial charge in [-0.3, -0.25) is 9.59 Å². The van der Waals surface area contributed by atoms with Crippen molar-refractivity contribution in [2.45, 2.75) is 20.8 Å². The second kappa shape index (κ2) is 7.22. The molecule has 2 amide bonds. The number of aryl methyl sites for hydroxylation is 2. The second-order valence-electron chi connectivity index (χ2n) is 5.19. The monoisotopic (exact) mass is 316 g/mol. The molecule has 0 bridgehead atoms. The molecule has 116 valence electrons. The number of hydrogen-bond donors (Lipinski definition) is 1. The second-order valence-corrected chi connectivity index (χ2v) is 6.14. The van der Waals surface area contributed by atoms with Gasteiger partial charge >= 0.3 is 0 Å². The van der Waals surface area contributed by atoms with Crippen molar-refractivity contribution in [3.05, 3.63) is 51.7 Å². The van der Waals surface area contributed by atoms with Crippen LogP contribution in [-0.2, 0) is 4.79 Å². The highest BCUT2D eigenvalue weighted by Gasteiger charge is 2.14. The van der Waals surface area contributed by atoms with Crippen LogP contribution in [0.1, 0.15) is 27.7 Å². The van der Waals surface area contributed by atoms with Crippen molar-refractivity contribution in [1.29, 1.82) is 0 Å². The Morgan fingerprint density at radius 3 is 2.64 bits per heavy atom. The molecule has 0 aliphatic rings. The lowest BCUT2D eigenvalue weighted by Gasteiger charge is -2.23. The fourth-order valence-electron chi connectivity index (χ4n) is 2.23. The fraction of sp³-hybridized carbons (Fsp3) is 0.294. The van der Waals surface area contributed by atoms with E-state index in [1.54, 1.807) is 17.9 Å². The molecule has 1 aromatic carbocycles. The zero-order chi connectivity index (χ0) is 16.1. The average Bonchev–Trinajstić information content (AvgIpc) is 3.00. The Labute approximate surface area is 134 Å². The zero-order valence-corrected chi connectivity index (χ0v) is 13.9. The third-order valence-electron chi connectivity index (χ3n) is 3.40. The van der Waals surface area contributed by atoms with Crippen LogP contribution < -0.4 is 10.2 Å². The van der Waals surface area contributed by atoms with Gasteiger partial charge < -0.3 is 10.2 Å². The number of thiophene rings is 1.